The minimum Gasteiger partial charge on any atom is -0.396 e. The van der Waals surface area contributed by atoms with Gasteiger partial charge in [0.25, 0.3) is 0 Å². The van der Waals surface area contributed by atoms with Crippen LogP contribution < -0.4 is 11.1 Å². The van der Waals surface area contributed by atoms with Crippen molar-refractivity contribution in [3.63, 3.8) is 0 Å². The third-order valence-electron chi connectivity index (χ3n) is 3.21. The van der Waals surface area contributed by atoms with Crippen LogP contribution in [0.5, 0.6) is 0 Å². The molecule has 0 aliphatic carbocycles. The Bertz CT molecular complexity index is 647. The average Bonchev–Trinajstić information content (AvgIpc) is 2.81. The van der Waals surface area contributed by atoms with Gasteiger partial charge in [-0.15, -0.1) is 0 Å². The zero-order valence-corrected chi connectivity index (χ0v) is 9.59. The van der Waals surface area contributed by atoms with Crippen LogP contribution in [0.4, 0.5) is 5.69 Å². The van der Waals surface area contributed by atoms with Gasteiger partial charge in [0.2, 0.25) is 11.8 Å². The maximum atomic E-state index is 11.9. The second-order valence-electron chi connectivity index (χ2n) is 4.34. The third-order valence-corrected chi connectivity index (χ3v) is 3.21. The second-order valence-corrected chi connectivity index (χ2v) is 4.34. The molecule has 3 heterocycles. The Morgan fingerprint density at radius 1 is 1.39 bits per heavy atom. The average molecular weight is 244 g/mol. The number of carbonyl (C=O) groups is 2. The molecule has 1 saturated heterocycles. The van der Waals surface area contributed by atoms with E-state index in [1.165, 1.54) is 0 Å². The SMILES string of the molecule is Nc1ccc(C2CCC(=O)NC2=O)n2ccnc12. The van der Waals surface area contributed by atoms with E-state index in [1.54, 1.807) is 22.9 Å². The lowest BCUT2D eigenvalue weighted by Crippen LogP contribution is -2.40. The number of anilines is 1. The number of piperidine rings is 1. The Kier molecular flexibility index (Phi) is 2.29. The smallest absolute Gasteiger partial charge is 0.235 e. The standard InChI is InChI=1S/C12H12N4O2/c13-8-2-3-9(16-6-5-14-11(8)16)7-1-4-10(17)15-12(7)18/h2-3,5-7H,1,4,13H2,(H,15,17,18). The Balaban J connectivity index is 2.09. The molecule has 18 heavy (non-hydrogen) atoms. The summed E-state index contributed by atoms with van der Waals surface area (Å²) in [7, 11) is 0. The van der Waals surface area contributed by atoms with E-state index in [1.807, 2.05) is 6.07 Å². The zero-order valence-electron chi connectivity index (χ0n) is 9.59. The number of hydrogen-bond donors (Lipinski definition) is 2. The number of nitrogens with zero attached hydrogens (tertiary/aromatic N) is 2. The summed E-state index contributed by atoms with van der Waals surface area (Å²) in [5.74, 6) is -0.806. The first kappa shape index (κ1) is 10.8. The van der Waals surface area contributed by atoms with Gasteiger partial charge in [0, 0.05) is 24.5 Å². The van der Waals surface area contributed by atoms with Crippen molar-refractivity contribution in [2.24, 2.45) is 0 Å². The molecule has 3 rings (SSSR count). The van der Waals surface area contributed by atoms with Crippen LogP contribution in [0.2, 0.25) is 0 Å². The molecule has 6 heteroatoms. The molecule has 1 atom stereocenters. The van der Waals surface area contributed by atoms with Crippen molar-refractivity contribution in [2.45, 2.75) is 18.8 Å². The number of carbonyl (C=O) groups excluding carboxylic acids is 2. The van der Waals surface area contributed by atoms with E-state index in [2.05, 4.69) is 10.3 Å². The van der Waals surface area contributed by atoms with Crippen molar-refractivity contribution in [2.75, 3.05) is 5.73 Å². The Labute approximate surface area is 103 Å². The fourth-order valence-corrected chi connectivity index (χ4v) is 2.32. The van der Waals surface area contributed by atoms with Gasteiger partial charge in [-0.25, -0.2) is 4.98 Å². The van der Waals surface area contributed by atoms with Crippen molar-refractivity contribution in [3.8, 4) is 0 Å². The van der Waals surface area contributed by atoms with Crippen LogP contribution in [-0.2, 0) is 9.59 Å². The number of amides is 2. The Hall–Kier alpha value is -2.37. The highest BCUT2D eigenvalue weighted by Crippen LogP contribution is 2.27. The van der Waals surface area contributed by atoms with Gasteiger partial charge >= 0.3 is 0 Å². The number of nitrogen functional groups attached to an aromatic ring is 1. The van der Waals surface area contributed by atoms with E-state index in [0.717, 1.165) is 5.69 Å². The summed E-state index contributed by atoms with van der Waals surface area (Å²) in [5, 5.41) is 2.36. The van der Waals surface area contributed by atoms with Gasteiger partial charge in [-0.2, -0.15) is 0 Å². The lowest BCUT2D eigenvalue weighted by Gasteiger charge is -2.22. The summed E-state index contributed by atoms with van der Waals surface area (Å²) >= 11 is 0. The number of hydrogen-bond acceptors (Lipinski definition) is 4. The van der Waals surface area contributed by atoms with E-state index in [4.69, 9.17) is 5.73 Å². The largest absolute Gasteiger partial charge is 0.396 e. The third kappa shape index (κ3) is 1.54. The molecule has 0 aromatic carbocycles. The molecule has 2 aromatic heterocycles. The molecule has 1 unspecified atom stereocenters. The number of imidazole rings is 1. The number of aromatic nitrogens is 2. The van der Waals surface area contributed by atoms with Crippen LogP contribution in [-0.4, -0.2) is 21.2 Å². The van der Waals surface area contributed by atoms with Gasteiger partial charge in [-0.05, 0) is 18.6 Å². The second kappa shape index (κ2) is 3.83. The monoisotopic (exact) mass is 244 g/mol. The van der Waals surface area contributed by atoms with Gasteiger partial charge in [0.15, 0.2) is 5.65 Å². The predicted molar refractivity (Wildman–Crippen MR) is 64.7 cm³/mol. The Morgan fingerprint density at radius 3 is 3.00 bits per heavy atom. The molecular formula is C12H12N4O2. The summed E-state index contributed by atoms with van der Waals surface area (Å²) in [4.78, 5) is 27.2. The maximum absolute atomic E-state index is 11.9. The van der Waals surface area contributed by atoms with Gasteiger partial charge in [0.05, 0.1) is 11.6 Å². The highest BCUT2D eigenvalue weighted by atomic mass is 16.2. The molecule has 2 aromatic rings. The number of pyridine rings is 1. The summed E-state index contributed by atoms with van der Waals surface area (Å²) < 4.78 is 1.80. The minimum absolute atomic E-state index is 0.214. The molecule has 0 radical (unpaired) electrons. The minimum atomic E-state index is -0.333. The number of rotatable bonds is 1. The summed E-state index contributed by atoms with van der Waals surface area (Å²) in [6, 6.07) is 3.55. The van der Waals surface area contributed by atoms with Crippen LogP contribution in [0.3, 0.4) is 0 Å². The molecule has 1 aliphatic heterocycles. The van der Waals surface area contributed by atoms with E-state index in [-0.39, 0.29) is 17.7 Å². The van der Waals surface area contributed by atoms with E-state index < -0.39 is 0 Å². The molecule has 0 saturated carbocycles. The van der Waals surface area contributed by atoms with Crippen LogP contribution in [0.1, 0.15) is 24.5 Å². The Morgan fingerprint density at radius 2 is 2.22 bits per heavy atom. The van der Waals surface area contributed by atoms with Crippen LogP contribution >= 0.6 is 0 Å². The first-order chi connectivity index (χ1) is 8.66. The van der Waals surface area contributed by atoms with Crippen LogP contribution in [0.25, 0.3) is 5.65 Å². The molecule has 0 bridgehead atoms. The quantitative estimate of drug-likeness (QED) is 0.712. The summed E-state index contributed by atoms with van der Waals surface area (Å²) in [5.41, 5.74) is 7.83. The molecule has 3 N–H and O–H groups in total. The van der Waals surface area contributed by atoms with E-state index in [9.17, 15) is 9.59 Å². The van der Waals surface area contributed by atoms with Gasteiger partial charge in [-0.3, -0.25) is 14.9 Å². The lowest BCUT2D eigenvalue weighted by atomic mass is 9.94. The molecule has 1 fully saturated rings. The topological polar surface area (TPSA) is 89.5 Å². The number of fused-ring (bicyclic) bond motifs is 1. The fraction of sp³-hybridized carbons (Fsp3) is 0.250. The number of imide groups is 1. The normalized spacial score (nSPS) is 20.1. The van der Waals surface area contributed by atoms with Crippen molar-refractivity contribution < 1.29 is 9.59 Å². The van der Waals surface area contributed by atoms with Crippen molar-refractivity contribution in [1.82, 2.24) is 14.7 Å². The van der Waals surface area contributed by atoms with Crippen LogP contribution in [0.15, 0.2) is 24.5 Å². The van der Waals surface area contributed by atoms with Crippen LogP contribution in [0, 0.1) is 0 Å². The molecule has 0 spiro atoms. The van der Waals surface area contributed by atoms with E-state index in [0.29, 0.717) is 24.2 Å². The summed E-state index contributed by atoms with van der Waals surface area (Å²) in [6.07, 6.45) is 4.28. The lowest BCUT2D eigenvalue weighted by molar-refractivity contribution is -0.134. The van der Waals surface area contributed by atoms with Gasteiger partial charge in [0.1, 0.15) is 0 Å². The fourth-order valence-electron chi connectivity index (χ4n) is 2.32. The maximum Gasteiger partial charge on any atom is 0.235 e. The molecular weight excluding hydrogens is 232 g/mol. The van der Waals surface area contributed by atoms with Gasteiger partial charge < -0.3 is 10.1 Å². The summed E-state index contributed by atoms with van der Waals surface area (Å²) in [6.45, 7) is 0. The molecule has 6 nitrogen and oxygen atoms in total. The number of nitrogens with two attached hydrogens (primary N) is 1. The number of nitrogens with one attached hydrogen (secondary N) is 1. The molecule has 92 valence electrons. The first-order valence-corrected chi connectivity index (χ1v) is 5.72. The van der Waals surface area contributed by atoms with E-state index >= 15 is 0 Å². The van der Waals surface area contributed by atoms with Gasteiger partial charge in [-0.1, -0.05) is 0 Å². The predicted octanol–water partition coefficient (Wildman–Crippen LogP) is 0.437. The molecule has 1 aliphatic rings. The highest BCUT2D eigenvalue weighted by Gasteiger charge is 2.29. The van der Waals surface area contributed by atoms with Crippen molar-refractivity contribution >= 4 is 23.1 Å². The molecule has 2 amide bonds. The highest BCUT2D eigenvalue weighted by molar-refractivity contribution is 6.00. The van der Waals surface area contributed by atoms with Crippen molar-refractivity contribution in [3.05, 3.63) is 30.2 Å². The zero-order chi connectivity index (χ0) is 12.7. The first-order valence-electron chi connectivity index (χ1n) is 5.72. The van der Waals surface area contributed by atoms with Crippen molar-refractivity contribution in [1.29, 1.82) is 0 Å².